The van der Waals surface area contributed by atoms with Crippen LogP contribution in [-0.4, -0.2) is 31.1 Å². The lowest BCUT2D eigenvalue weighted by atomic mass is 10.0. The van der Waals surface area contributed by atoms with E-state index in [1.54, 1.807) is 0 Å². The molecule has 24 heavy (non-hydrogen) atoms. The monoisotopic (exact) mass is 375 g/mol. The average Bonchev–Trinajstić information content (AvgIpc) is 3.30. The highest BCUT2D eigenvalue weighted by atomic mass is 35.5. The number of nitrogens with one attached hydrogen (secondary N) is 3. The number of benzene rings is 1. The van der Waals surface area contributed by atoms with E-state index in [9.17, 15) is 4.79 Å². The van der Waals surface area contributed by atoms with Gasteiger partial charge in [-0.2, -0.15) is 0 Å². The molecule has 1 aromatic rings. The van der Waals surface area contributed by atoms with Gasteiger partial charge in [0.15, 0.2) is 0 Å². The lowest BCUT2D eigenvalue weighted by Gasteiger charge is -2.31. The van der Waals surface area contributed by atoms with Gasteiger partial charge < -0.3 is 16.0 Å². The molecule has 6 heteroatoms. The van der Waals surface area contributed by atoms with Gasteiger partial charge in [-0.15, -0.1) is 24.8 Å². The molecule has 1 aliphatic rings. The van der Waals surface area contributed by atoms with Crippen LogP contribution in [0.25, 0.3) is 0 Å². The highest BCUT2D eigenvalue weighted by Gasteiger charge is 2.22. The van der Waals surface area contributed by atoms with Crippen molar-refractivity contribution in [2.45, 2.75) is 45.2 Å². The van der Waals surface area contributed by atoms with Gasteiger partial charge in [-0.25, -0.2) is 0 Å². The Balaban J connectivity index is 0.00000264. The van der Waals surface area contributed by atoms with Gasteiger partial charge in [0.05, 0.1) is 6.54 Å². The van der Waals surface area contributed by atoms with Gasteiger partial charge in [0.25, 0.3) is 0 Å². The Morgan fingerprint density at radius 2 is 1.83 bits per heavy atom. The van der Waals surface area contributed by atoms with Crippen molar-refractivity contribution in [3.05, 3.63) is 35.9 Å². The van der Waals surface area contributed by atoms with E-state index < -0.39 is 0 Å². The van der Waals surface area contributed by atoms with Gasteiger partial charge in [0.2, 0.25) is 5.91 Å². The first-order chi connectivity index (χ1) is 10.5. The molecule has 1 aromatic carbocycles. The molecular weight excluding hydrogens is 345 g/mol. The molecular formula is C18H31Cl2N3O. The van der Waals surface area contributed by atoms with Crippen LogP contribution in [0.15, 0.2) is 30.3 Å². The lowest BCUT2D eigenvalue weighted by Crippen LogP contribution is -2.51. The quantitative estimate of drug-likeness (QED) is 0.621. The van der Waals surface area contributed by atoms with E-state index in [0.717, 1.165) is 12.5 Å². The van der Waals surface area contributed by atoms with E-state index in [1.807, 2.05) is 18.2 Å². The molecule has 4 nitrogen and oxygen atoms in total. The van der Waals surface area contributed by atoms with Crippen LogP contribution >= 0.6 is 24.8 Å². The largest absolute Gasteiger partial charge is 0.353 e. The minimum Gasteiger partial charge on any atom is -0.353 e. The number of rotatable bonds is 9. The number of amides is 1. The third kappa shape index (κ3) is 8.88. The smallest absolute Gasteiger partial charge is 0.234 e. The number of halogens is 2. The molecule has 1 saturated carbocycles. The van der Waals surface area contributed by atoms with Crippen molar-refractivity contribution in [3.8, 4) is 0 Å². The molecule has 1 atom stereocenters. The molecule has 0 bridgehead atoms. The van der Waals surface area contributed by atoms with E-state index in [2.05, 4.69) is 48.9 Å². The summed E-state index contributed by atoms with van der Waals surface area (Å²) in [6, 6.07) is 10.6. The molecule has 1 fully saturated rings. The first-order valence-corrected chi connectivity index (χ1v) is 8.26. The van der Waals surface area contributed by atoms with Crippen LogP contribution in [0.1, 0.15) is 45.2 Å². The molecule has 0 spiro atoms. The minimum absolute atomic E-state index is 0. The van der Waals surface area contributed by atoms with E-state index in [4.69, 9.17) is 0 Å². The van der Waals surface area contributed by atoms with Crippen LogP contribution in [0.5, 0.6) is 0 Å². The number of carbonyl (C=O) groups is 1. The van der Waals surface area contributed by atoms with E-state index in [1.165, 1.54) is 18.4 Å². The molecule has 0 heterocycles. The first-order valence-electron chi connectivity index (χ1n) is 8.26. The Morgan fingerprint density at radius 3 is 2.42 bits per heavy atom. The van der Waals surface area contributed by atoms with Gasteiger partial charge in [-0.05, 0) is 51.6 Å². The third-order valence-electron chi connectivity index (χ3n) is 4.05. The zero-order valence-electron chi connectivity index (χ0n) is 14.8. The Bertz CT molecular complexity index is 478. The van der Waals surface area contributed by atoms with Crippen LogP contribution < -0.4 is 16.0 Å². The summed E-state index contributed by atoms with van der Waals surface area (Å²) in [5, 5.41) is 9.80. The highest BCUT2D eigenvalue weighted by Crippen LogP contribution is 2.27. The zero-order chi connectivity index (χ0) is 16.0. The Hall–Kier alpha value is -0.810. The van der Waals surface area contributed by atoms with Gasteiger partial charge in [-0.1, -0.05) is 30.3 Å². The van der Waals surface area contributed by atoms with Crippen molar-refractivity contribution < 1.29 is 4.79 Å². The summed E-state index contributed by atoms with van der Waals surface area (Å²) in [6.45, 7) is 8.39. The first kappa shape index (κ1) is 23.2. The summed E-state index contributed by atoms with van der Waals surface area (Å²) < 4.78 is 0. The fourth-order valence-corrected chi connectivity index (χ4v) is 2.56. The highest BCUT2D eigenvalue weighted by molar-refractivity contribution is 5.85. The molecule has 138 valence electrons. The summed E-state index contributed by atoms with van der Waals surface area (Å²) in [7, 11) is 0. The number of carbonyl (C=O) groups excluding carboxylic acids is 1. The molecule has 1 unspecified atom stereocenters. The minimum atomic E-state index is -0.151. The van der Waals surface area contributed by atoms with E-state index in [-0.39, 0.29) is 42.3 Å². The molecule has 0 aromatic heterocycles. The van der Waals surface area contributed by atoms with Crippen molar-refractivity contribution >= 4 is 30.7 Å². The summed E-state index contributed by atoms with van der Waals surface area (Å²) in [5.74, 6) is 0.875. The van der Waals surface area contributed by atoms with Crippen LogP contribution in [0.3, 0.4) is 0 Å². The second-order valence-corrected chi connectivity index (χ2v) is 7.01. The Kier molecular flexibility index (Phi) is 10.6. The van der Waals surface area contributed by atoms with E-state index in [0.29, 0.717) is 13.1 Å². The Labute approximate surface area is 158 Å². The maximum Gasteiger partial charge on any atom is 0.234 e. The molecule has 3 N–H and O–H groups in total. The molecule has 1 amide bonds. The fraction of sp³-hybridized carbons (Fsp3) is 0.611. The van der Waals surface area contributed by atoms with Crippen molar-refractivity contribution in [1.29, 1.82) is 0 Å². The maximum atomic E-state index is 11.8. The SMILES string of the molecule is CC(NC(C)(C)CNC(=O)CNCC1CC1)c1ccccc1.Cl.Cl. The summed E-state index contributed by atoms with van der Waals surface area (Å²) >= 11 is 0. The fourth-order valence-electron chi connectivity index (χ4n) is 2.56. The van der Waals surface area contributed by atoms with Gasteiger partial charge in [-0.3, -0.25) is 4.79 Å². The topological polar surface area (TPSA) is 53.2 Å². The lowest BCUT2D eigenvalue weighted by molar-refractivity contribution is -0.120. The van der Waals surface area contributed by atoms with Gasteiger partial charge in [0.1, 0.15) is 0 Å². The summed E-state index contributed by atoms with van der Waals surface area (Å²) in [5.41, 5.74) is 1.11. The second kappa shape index (κ2) is 10.9. The van der Waals surface area contributed by atoms with Crippen molar-refractivity contribution in [3.63, 3.8) is 0 Å². The van der Waals surface area contributed by atoms with Crippen molar-refractivity contribution in [1.82, 2.24) is 16.0 Å². The second-order valence-electron chi connectivity index (χ2n) is 7.01. The third-order valence-corrected chi connectivity index (χ3v) is 4.05. The van der Waals surface area contributed by atoms with Crippen molar-refractivity contribution in [2.75, 3.05) is 19.6 Å². The molecule has 0 saturated heterocycles. The summed E-state index contributed by atoms with van der Waals surface area (Å²) in [4.78, 5) is 11.8. The predicted molar refractivity (Wildman–Crippen MR) is 105 cm³/mol. The van der Waals surface area contributed by atoms with Gasteiger partial charge in [0, 0.05) is 18.1 Å². The van der Waals surface area contributed by atoms with Crippen LogP contribution in [0.2, 0.25) is 0 Å². The van der Waals surface area contributed by atoms with Crippen LogP contribution in [0, 0.1) is 5.92 Å². The van der Waals surface area contributed by atoms with E-state index >= 15 is 0 Å². The van der Waals surface area contributed by atoms with Crippen LogP contribution in [0.4, 0.5) is 0 Å². The molecule has 0 radical (unpaired) electrons. The molecule has 2 rings (SSSR count). The normalized spacial score (nSPS) is 15.0. The molecule has 0 aliphatic heterocycles. The zero-order valence-corrected chi connectivity index (χ0v) is 16.4. The number of hydrogen-bond acceptors (Lipinski definition) is 3. The van der Waals surface area contributed by atoms with Crippen LogP contribution in [-0.2, 0) is 4.79 Å². The number of hydrogen-bond donors (Lipinski definition) is 3. The van der Waals surface area contributed by atoms with Gasteiger partial charge >= 0.3 is 0 Å². The predicted octanol–water partition coefficient (Wildman–Crippen LogP) is 3.08. The van der Waals surface area contributed by atoms with Crippen molar-refractivity contribution in [2.24, 2.45) is 5.92 Å². The molecule has 1 aliphatic carbocycles. The Morgan fingerprint density at radius 1 is 1.21 bits per heavy atom. The maximum absolute atomic E-state index is 11.8. The summed E-state index contributed by atoms with van der Waals surface area (Å²) in [6.07, 6.45) is 2.62. The standard InChI is InChI=1S/C18H29N3O.2ClH/c1-14(16-7-5-4-6-8-16)21-18(2,3)13-20-17(22)12-19-11-15-9-10-15;;/h4-8,14-15,19,21H,9-13H2,1-3H3,(H,20,22);2*1H. The average molecular weight is 376 g/mol.